The predicted octanol–water partition coefficient (Wildman–Crippen LogP) is 4.09. The normalized spacial score (nSPS) is 28.5. The van der Waals surface area contributed by atoms with Crippen molar-refractivity contribution in [1.82, 2.24) is 14.7 Å². The lowest BCUT2D eigenvalue weighted by Crippen LogP contribution is -2.49. The van der Waals surface area contributed by atoms with Crippen molar-refractivity contribution in [3.05, 3.63) is 23.8 Å². The maximum absolute atomic E-state index is 12.7. The van der Waals surface area contributed by atoms with Gasteiger partial charge in [-0.25, -0.2) is 0 Å². The number of allylic oxidation sites excluding steroid dienone is 2. The van der Waals surface area contributed by atoms with E-state index in [9.17, 15) is 4.79 Å². The van der Waals surface area contributed by atoms with Crippen molar-refractivity contribution in [2.45, 2.75) is 70.8 Å². The van der Waals surface area contributed by atoms with E-state index < -0.39 is 0 Å². The molecule has 3 fully saturated rings. The molecule has 0 aromatic rings. The van der Waals surface area contributed by atoms with Crippen molar-refractivity contribution < 1.29 is 4.79 Å². The highest BCUT2D eigenvalue weighted by Crippen LogP contribution is 2.30. The first-order chi connectivity index (χ1) is 14.1. The molecule has 3 aliphatic heterocycles. The fourth-order valence-electron chi connectivity index (χ4n) is 5.92. The largest absolute Gasteiger partial charge is 0.342 e. The Morgan fingerprint density at radius 3 is 2.24 bits per heavy atom. The van der Waals surface area contributed by atoms with Crippen LogP contribution in [-0.4, -0.2) is 72.5 Å². The third kappa shape index (κ3) is 5.32. The Hall–Kier alpha value is -1.13. The SMILES string of the molecule is C=C(C)[C@@H]1CC=C(CN2CCC(N3CCC(C(=O)N4CCCC4)CC3)CC2)CC1. The van der Waals surface area contributed by atoms with Gasteiger partial charge in [-0.2, -0.15) is 0 Å². The maximum atomic E-state index is 12.7. The van der Waals surface area contributed by atoms with Gasteiger partial charge < -0.3 is 9.80 Å². The molecule has 0 N–H and O–H groups in total. The van der Waals surface area contributed by atoms with Gasteiger partial charge in [0.15, 0.2) is 0 Å². The molecule has 0 aromatic carbocycles. The van der Waals surface area contributed by atoms with Crippen molar-refractivity contribution >= 4 is 5.91 Å². The molecule has 162 valence electrons. The molecule has 1 amide bonds. The van der Waals surface area contributed by atoms with Crippen LogP contribution >= 0.6 is 0 Å². The molecule has 4 aliphatic rings. The summed E-state index contributed by atoms with van der Waals surface area (Å²) in [5.74, 6) is 1.46. The first kappa shape index (κ1) is 21.1. The molecule has 3 saturated heterocycles. The Labute approximate surface area is 178 Å². The van der Waals surface area contributed by atoms with Crippen LogP contribution in [0.25, 0.3) is 0 Å². The highest BCUT2D eigenvalue weighted by molar-refractivity contribution is 5.79. The van der Waals surface area contributed by atoms with Gasteiger partial charge in [-0.05, 0) is 96.8 Å². The van der Waals surface area contributed by atoms with Crippen LogP contribution in [0.3, 0.4) is 0 Å². The van der Waals surface area contributed by atoms with Crippen LogP contribution in [0.4, 0.5) is 0 Å². The van der Waals surface area contributed by atoms with E-state index in [0.29, 0.717) is 17.7 Å². The van der Waals surface area contributed by atoms with Crippen LogP contribution in [-0.2, 0) is 4.79 Å². The summed E-state index contributed by atoms with van der Waals surface area (Å²) in [6, 6.07) is 0.738. The number of amides is 1. The van der Waals surface area contributed by atoms with Gasteiger partial charge in [0.1, 0.15) is 0 Å². The topological polar surface area (TPSA) is 26.8 Å². The van der Waals surface area contributed by atoms with E-state index in [1.54, 1.807) is 5.57 Å². The average molecular weight is 400 g/mol. The number of carbonyl (C=O) groups is 1. The van der Waals surface area contributed by atoms with Crippen molar-refractivity contribution in [3.8, 4) is 0 Å². The lowest BCUT2D eigenvalue weighted by molar-refractivity contribution is -0.136. The second kappa shape index (κ2) is 9.78. The third-order valence-corrected chi connectivity index (χ3v) is 8.00. The first-order valence-electron chi connectivity index (χ1n) is 12.2. The minimum Gasteiger partial charge on any atom is -0.342 e. The second-order valence-electron chi connectivity index (χ2n) is 10.0. The zero-order chi connectivity index (χ0) is 20.2. The summed E-state index contributed by atoms with van der Waals surface area (Å²) >= 11 is 0. The second-order valence-corrected chi connectivity index (χ2v) is 10.0. The summed E-state index contributed by atoms with van der Waals surface area (Å²) < 4.78 is 0. The van der Waals surface area contributed by atoms with E-state index in [-0.39, 0.29) is 0 Å². The number of rotatable bonds is 5. The van der Waals surface area contributed by atoms with E-state index in [0.717, 1.165) is 45.1 Å². The Kier molecular flexibility index (Phi) is 7.12. The van der Waals surface area contributed by atoms with Gasteiger partial charge >= 0.3 is 0 Å². The van der Waals surface area contributed by atoms with Crippen molar-refractivity contribution in [1.29, 1.82) is 0 Å². The third-order valence-electron chi connectivity index (χ3n) is 8.00. The summed E-state index contributed by atoms with van der Waals surface area (Å²) in [5.41, 5.74) is 3.01. The van der Waals surface area contributed by atoms with Crippen molar-refractivity contribution in [3.63, 3.8) is 0 Å². The van der Waals surface area contributed by atoms with Gasteiger partial charge in [-0.1, -0.05) is 23.8 Å². The maximum Gasteiger partial charge on any atom is 0.225 e. The number of hydrogen-bond acceptors (Lipinski definition) is 3. The van der Waals surface area contributed by atoms with E-state index in [2.05, 4.69) is 34.3 Å². The predicted molar refractivity (Wildman–Crippen MR) is 120 cm³/mol. The molecule has 29 heavy (non-hydrogen) atoms. The molecule has 0 spiro atoms. The van der Waals surface area contributed by atoms with Gasteiger partial charge in [0.25, 0.3) is 0 Å². The van der Waals surface area contributed by atoms with Gasteiger partial charge in [0.2, 0.25) is 5.91 Å². The van der Waals surface area contributed by atoms with E-state index in [1.807, 2.05) is 0 Å². The van der Waals surface area contributed by atoms with Crippen LogP contribution in [0, 0.1) is 11.8 Å². The molecular weight excluding hydrogens is 358 g/mol. The molecule has 4 nitrogen and oxygen atoms in total. The first-order valence-corrected chi connectivity index (χ1v) is 12.2. The van der Waals surface area contributed by atoms with Crippen LogP contribution < -0.4 is 0 Å². The summed E-state index contributed by atoms with van der Waals surface area (Å²) in [6.07, 6.45) is 13.4. The van der Waals surface area contributed by atoms with E-state index in [4.69, 9.17) is 0 Å². The van der Waals surface area contributed by atoms with Gasteiger partial charge in [-0.15, -0.1) is 0 Å². The van der Waals surface area contributed by atoms with E-state index >= 15 is 0 Å². The molecule has 0 saturated carbocycles. The molecule has 3 heterocycles. The highest BCUT2D eigenvalue weighted by Gasteiger charge is 2.33. The lowest BCUT2D eigenvalue weighted by atomic mass is 9.85. The summed E-state index contributed by atoms with van der Waals surface area (Å²) in [4.78, 5) is 20.2. The zero-order valence-corrected chi connectivity index (χ0v) is 18.6. The standard InChI is InChI=1S/C25H41N3O/c1-20(2)22-7-5-21(6-8-22)19-26-15-11-24(12-16-26)27-17-9-23(10-18-27)25(29)28-13-3-4-14-28/h5,22-24H,1,3-4,6-19H2,2H3/t22-/m1/s1. The fourth-order valence-corrected chi connectivity index (χ4v) is 5.92. The number of likely N-dealkylation sites (tertiary alicyclic amines) is 3. The molecule has 4 rings (SSSR count). The van der Waals surface area contributed by atoms with Crippen LogP contribution in [0.15, 0.2) is 23.8 Å². The Balaban J connectivity index is 1.17. The fraction of sp³-hybridized carbons (Fsp3) is 0.800. The van der Waals surface area contributed by atoms with Crippen LogP contribution in [0.2, 0.25) is 0 Å². The summed E-state index contributed by atoms with van der Waals surface area (Å²) in [5, 5.41) is 0. The molecular formula is C25H41N3O. The van der Waals surface area contributed by atoms with Crippen LogP contribution in [0.5, 0.6) is 0 Å². The molecule has 4 heteroatoms. The Morgan fingerprint density at radius 2 is 1.66 bits per heavy atom. The van der Waals surface area contributed by atoms with Gasteiger partial charge in [-0.3, -0.25) is 9.69 Å². The molecule has 0 unspecified atom stereocenters. The highest BCUT2D eigenvalue weighted by atomic mass is 16.2. The minimum absolute atomic E-state index is 0.297. The molecule has 0 bridgehead atoms. The Morgan fingerprint density at radius 1 is 0.966 bits per heavy atom. The Bertz CT molecular complexity index is 606. The zero-order valence-electron chi connectivity index (χ0n) is 18.6. The molecule has 1 aliphatic carbocycles. The summed E-state index contributed by atoms with van der Waals surface area (Å²) in [6.45, 7) is 14.2. The average Bonchev–Trinajstić information content (AvgIpc) is 3.29. The van der Waals surface area contributed by atoms with Crippen molar-refractivity contribution in [2.75, 3.05) is 45.8 Å². The molecule has 0 aromatic heterocycles. The number of hydrogen-bond donors (Lipinski definition) is 0. The van der Waals surface area contributed by atoms with Crippen LogP contribution in [0.1, 0.15) is 64.7 Å². The summed E-state index contributed by atoms with van der Waals surface area (Å²) in [7, 11) is 0. The van der Waals surface area contributed by atoms with Crippen molar-refractivity contribution in [2.24, 2.45) is 11.8 Å². The minimum atomic E-state index is 0.297. The molecule has 1 atom stereocenters. The smallest absolute Gasteiger partial charge is 0.225 e. The quantitative estimate of drug-likeness (QED) is 0.652. The monoisotopic (exact) mass is 399 g/mol. The number of nitrogens with zero attached hydrogens (tertiary/aromatic N) is 3. The number of piperidine rings is 2. The number of carbonyl (C=O) groups excluding carboxylic acids is 1. The van der Waals surface area contributed by atoms with Gasteiger partial charge in [0, 0.05) is 31.6 Å². The lowest BCUT2D eigenvalue weighted by Gasteiger charge is -2.42. The van der Waals surface area contributed by atoms with Gasteiger partial charge in [0.05, 0.1) is 0 Å². The van der Waals surface area contributed by atoms with E-state index in [1.165, 1.54) is 70.2 Å². The molecule has 0 radical (unpaired) electrons.